The topological polar surface area (TPSA) is 84.4 Å². The van der Waals surface area contributed by atoms with E-state index in [0.29, 0.717) is 18.1 Å². The molecule has 0 saturated carbocycles. The highest BCUT2D eigenvalue weighted by Crippen LogP contribution is 2.29. The minimum absolute atomic E-state index is 0.0349. The third kappa shape index (κ3) is 4.47. The zero-order chi connectivity index (χ0) is 20.3. The Morgan fingerprint density at radius 3 is 2.50 bits per heavy atom. The molecule has 1 aliphatic heterocycles. The van der Waals surface area contributed by atoms with Gasteiger partial charge in [-0.25, -0.2) is 14.8 Å². The normalized spacial score (nSPS) is 19.4. The summed E-state index contributed by atoms with van der Waals surface area (Å²) in [4.78, 5) is 35.7. The van der Waals surface area contributed by atoms with Crippen molar-refractivity contribution >= 4 is 17.7 Å². The molecule has 7 heteroatoms. The summed E-state index contributed by atoms with van der Waals surface area (Å²) in [7, 11) is 0. The minimum atomic E-state index is -0.610. The molecule has 1 aliphatic rings. The van der Waals surface area contributed by atoms with Gasteiger partial charge in [0.15, 0.2) is 5.82 Å². The van der Waals surface area contributed by atoms with E-state index in [4.69, 9.17) is 4.74 Å². The molecule has 0 aliphatic carbocycles. The van der Waals surface area contributed by atoms with Crippen molar-refractivity contribution in [2.24, 2.45) is 5.92 Å². The van der Waals surface area contributed by atoms with Crippen LogP contribution in [0.2, 0.25) is 0 Å². The number of benzene rings is 1. The summed E-state index contributed by atoms with van der Waals surface area (Å²) in [6.07, 6.45) is 3.60. The number of rotatable bonds is 3. The maximum atomic E-state index is 13.1. The SMILES string of the molecule is C[C@H]1CCN(C(=O)OC(C)(C)C)[C@@H]1C(=O)Nc1ccccc1-c1ncccn1. The number of hydrogen-bond acceptors (Lipinski definition) is 5. The lowest BCUT2D eigenvalue weighted by atomic mass is 10.0. The molecule has 1 N–H and O–H groups in total. The number of likely N-dealkylation sites (tertiary alicyclic amines) is 1. The quantitative estimate of drug-likeness (QED) is 0.874. The van der Waals surface area contributed by atoms with E-state index < -0.39 is 17.7 Å². The van der Waals surface area contributed by atoms with Crippen LogP contribution in [0.3, 0.4) is 0 Å². The first-order chi connectivity index (χ1) is 13.3. The summed E-state index contributed by atoms with van der Waals surface area (Å²) >= 11 is 0. The molecule has 0 radical (unpaired) electrons. The summed E-state index contributed by atoms with van der Waals surface area (Å²) in [6, 6.07) is 8.53. The molecule has 0 unspecified atom stereocenters. The number of ether oxygens (including phenoxy) is 1. The first-order valence-electron chi connectivity index (χ1n) is 9.43. The molecule has 1 saturated heterocycles. The number of carbonyl (C=O) groups is 2. The van der Waals surface area contributed by atoms with Gasteiger partial charge in [-0.1, -0.05) is 19.1 Å². The van der Waals surface area contributed by atoms with E-state index in [0.717, 1.165) is 12.0 Å². The Hall–Kier alpha value is -2.96. The van der Waals surface area contributed by atoms with Crippen LogP contribution in [-0.4, -0.2) is 45.1 Å². The molecular weight excluding hydrogens is 356 g/mol. The zero-order valence-electron chi connectivity index (χ0n) is 16.7. The number of aromatic nitrogens is 2. The molecule has 0 spiro atoms. The van der Waals surface area contributed by atoms with E-state index >= 15 is 0 Å². The first kappa shape index (κ1) is 19.8. The molecule has 28 heavy (non-hydrogen) atoms. The van der Waals surface area contributed by atoms with Crippen molar-refractivity contribution < 1.29 is 14.3 Å². The van der Waals surface area contributed by atoms with Crippen LogP contribution >= 0.6 is 0 Å². The van der Waals surface area contributed by atoms with Crippen LogP contribution in [0.15, 0.2) is 42.7 Å². The molecule has 0 bridgehead atoms. The third-order valence-electron chi connectivity index (χ3n) is 4.59. The monoisotopic (exact) mass is 382 g/mol. The van der Waals surface area contributed by atoms with E-state index in [1.807, 2.05) is 45.9 Å². The van der Waals surface area contributed by atoms with Crippen LogP contribution in [-0.2, 0) is 9.53 Å². The van der Waals surface area contributed by atoms with E-state index in [2.05, 4.69) is 15.3 Å². The highest BCUT2D eigenvalue weighted by Gasteiger charge is 2.41. The second-order valence-electron chi connectivity index (χ2n) is 7.99. The van der Waals surface area contributed by atoms with E-state index in [1.165, 1.54) is 4.90 Å². The molecule has 2 atom stereocenters. The highest BCUT2D eigenvalue weighted by atomic mass is 16.6. The van der Waals surface area contributed by atoms with Crippen molar-refractivity contribution in [3.63, 3.8) is 0 Å². The molecule has 1 fully saturated rings. The van der Waals surface area contributed by atoms with Gasteiger partial charge in [0.05, 0.1) is 5.69 Å². The molecule has 1 aromatic heterocycles. The molecule has 2 heterocycles. The Balaban J connectivity index is 1.81. The van der Waals surface area contributed by atoms with Crippen molar-refractivity contribution in [3.05, 3.63) is 42.7 Å². The largest absolute Gasteiger partial charge is 0.444 e. The standard InChI is InChI=1S/C21H26N4O3/c1-14-10-13-25(20(27)28-21(2,3)4)17(14)19(26)24-16-9-6-5-8-15(16)18-22-11-7-12-23-18/h5-9,11-12,14,17H,10,13H2,1-4H3,(H,24,26)/t14-,17-/m0/s1. The zero-order valence-corrected chi connectivity index (χ0v) is 16.7. The van der Waals surface area contributed by atoms with Gasteiger partial charge in [-0.3, -0.25) is 9.69 Å². The Bertz CT molecular complexity index is 848. The van der Waals surface area contributed by atoms with Gasteiger partial charge in [0.25, 0.3) is 0 Å². The van der Waals surface area contributed by atoms with Crippen molar-refractivity contribution in [3.8, 4) is 11.4 Å². The van der Waals surface area contributed by atoms with E-state index in [1.54, 1.807) is 24.5 Å². The maximum Gasteiger partial charge on any atom is 0.410 e. The molecular formula is C21H26N4O3. The lowest BCUT2D eigenvalue weighted by Crippen LogP contribution is -2.47. The molecule has 7 nitrogen and oxygen atoms in total. The third-order valence-corrected chi connectivity index (χ3v) is 4.59. The smallest absolute Gasteiger partial charge is 0.410 e. The van der Waals surface area contributed by atoms with Gasteiger partial charge >= 0.3 is 6.09 Å². The molecule has 2 amide bonds. The summed E-state index contributed by atoms with van der Waals surface area (Å²) in [5.41, 5.74) is 0.731. The van der Waals surface area contributed by atoms with Gasteiger partial charge in [0.2, 0.25) is 5.91 Å². The molecule has 2 aromatic rings. The number of nitrogens with zero attached hydrogens (tertiary/aromatic N) is 3. The Kier molecular flexibility index (Phi) is 5.63. The number of amides is 2. The van der Waals surface area contributed by atoms with E-state index in [-0.39, 0.29) is 11.8 Å². The maximum absolute atomic E-state index is 13.1. The lowest BCUT2D eigenvalue weighted by molar-refractivity contribution is -0.121. The summed E-state index contributed by atoms with van der Waals surface area (Å²) in [5, 5.41) is 2.96. The van der Waals surface area contributed by atoms with Crippen LogP contribution in [0, 0.1) is 5.92 Å². The number of nitrogens with one attached hydrogen (secondary N) is 1. The van der Waals surface area contributed by atoms with Crippen LogP contribution in [0.5, 0.6) is 0 Å². The second kappa shape index (κ2) is 7.96. The predicted octanol–water partition coefficient (Wildman–Crippen LogP) is 3.73. The van der Waals surface area contributed by atoms with Gasteiger partial charge < -0.3 is 10.1 Å². The molecule has 1 aromatic carbocycles. The van der Waals surface area contributed by atoms with Crippen molar-refractivity contribution in [1.82, 2.24) is 14.9 Å². The fourth-order valence-corrected chi connectivity index (χ4v) is 3.30. The minimum Gasteiger partial charge on any atom is -0.444 e. The molecule has 3 rings (SSSR count). The van der Waals surface area contributed by atoms with Gasteiger partial charge in [-0.15, -0.1) is 0 Å². The average molecular weight is 382 g/mol. The Morgan fingerprint density at radius 2 is 1.82 bits per heavy atom. The number of anilines is 1. The first-order valence-corrected chi connectivity index (χ1v) is 9.43. The summed E-state index contributed by atoms with van der Waals surface area (Å²) in [6.45, 7) is 7.92. The van der Waals surface area contributed by atoms with Crippen LogP contribution in [0.1, 0.15) is 34.1 Å². The number of para-hydroxylation sites is 1. The van der Waals surface area contributed by atoms with Crippen molar-refractivity contribution in [2.45, 2.75) is 45.8 Å². The average Bonchev–Trinajstić information content (AvgIpc) is 3.03. The van der Waals surface area contributed by atoms with Gasteiger partial charge in [-0.2, -0.15) is 0 Å². The molecule has 148 valence electrons. The van der Waals surface area contributed by atoms with Gasteiger partial charge in [-0.05, 0) is 51.3 Å². The summed E-state index contributed by atoms with van der Waals surface area (Å²) < 4.78 is 5.48. The fourth-order valence-electron chi connectivity index (χ4n) is 3.30. The van der Waals surface area contributed by atoms with Gasteiger partial charge in [0, 0.05) is 24.5 Å². The lowest BCUT2D eigenvalue weighted by Gasteiger charge is -2.29. The Morgan fingerprint density at radius 1 is 1.14 bits per heavy atom. The van der Waals surface area contributed by atoms with Crippen LogP contribution in [0.25, 0.3) is 11.4 Å². The fraction of sp³-hybridized carbons (Fsp3) is 0.429. The second-order valence-corrected chi connectivity index (χ2v) is 7.99. The number of hydrogen-bond donors (Lipinski definition) is 1. The van der Waals surface area contributed by atoms with Crippen molar-refractivity contribution in [1.29, 1.82) is 0 Å². The summed E-state index contributed by atoms with van der Waals surface area (Å²) in [5.74, 6) is 0.328. The highest BCUT2D eigenvalue weighted by molar-refractivity contribution is 5.99. The Labute approximate surface area is 165 Å². The predicted molar refractivity (Wildman–Crippen MR) is 107 cm³/mol. The van der Waals surface area contributed by atoms with Crippen LogP contribution in [0.4, 0.5) is 10.5 Å². The van der Waals surface area contributed by atoms with E-state index in [9.17, 15) is 9.59 Å². The van der Waals surface area contributed by atoms with Crippen molar-refractivity contribution in [2.75, 3.05) is 11.9 Å². The van der Waals surface area contributed by atoms with Crippen LogP contribution < -0.4 is 5.32 Å². The van der Waals surface area contributed by atoms with Gasteiger partial charge in [0.1, 0.15) is 11.6 Å². The number of carbonyl (C=O) groups excluding carboxylic acids is 2.